The summed E-state index contributed by atoms with van der Waals surface area (Å²) >= 11 is 3.12. The fourth-order valence-electron chi connectivity index (χ4n) is 1.28. The van der Waals surface area contributed by atoms with Crippen LogP contribution >= 0.6 is 15.9 Å². The molecule has 0 atom stereocenters. The molecule has 0 saturated carbocycles. The summed E-state index contributed by atoms with van der Waals surface area (Å²) < 4.78 is 38.2. The van der Waals surface area contributed by atoms with Gasteiger partial charge in [-0.3, -0.25) is 4.79 Å². The Morgan fingerprint density at radius 2 is 2.12 bits per heavy atom. The Kier molecular flexibility index (Phi) is 2.90. The molecule has 0 aromatic carbocycles. The number of ketones is 1. The Hall–Kier alpha value is -1.44. The molecule has 2 aromatic heterocycles. The minimum absolute atomic E-state index is 0.0622. The fraction of sp³-hybridized carbons (Fsp3) is 0.222. The van der Waals surface area contributed by atoms with E-state index >= 15 is 0 Å². The molecular formula is C9H5BrF3N3O. The number of Topliss-reactive ketones (excluding diaryl/α,β-unsaturated/α-hetero) is 1. The Morgan fingerprint density at radius 3 is 2.76 bits per heavy atom. The molecule has 0 spiro atoms. The standard InChI is InChI=1S/C9H5BrF3N3O/c10-7-4-16-3-5(15-8(16)2-14-7)1-6(17)9(11,12)13/h2-4H,1H2. The molecule has 0 N–H and O–H groups in total. The third-order valence-corrected chi connectivity index (χ3v) is 2.43. The molecule has 2 rings (SSSR count). The summed E-state index contributed by atoms with van der Waals surface area (Å²) in [5.74, 6) is -1.81. The second-order valence-electron chi connectivity index (χ2n) is 3.31. The highest BCUT2D eigenvalue weighted by Crippen LogP contribution is 2.19. The topological polar surface area (TPSA) is 47.3 Å². The Morgan fingerprint density at radius 1 is 1.41 bits per heavy atom. The zero-order valence-electron chi connectivity index (χ0n) is 8.20. The SMILES string of the molecule is O=C(Cc1cn2cc(Br)ncc2n1)C(F)(F)F. The maximum Gasteiger partial charge on any atom is 0.450 e. The molecule has 0 amide bonds. The van der Waals surface area contributed by atoms with Crippen molar-refractivity contribution in [3.63, 3.8) is 0 Å². The largest absolute Gasteiger partial charge is 0.450 e. The zero-order valence-corrected chi connectivity index (χ0v) is 9.79. The molecule has 2 heterocycles. The molecule has 0 saturated heterocycles. The van der Waals surface area contributed by atoms with E-state index < -0.39 is 18.4 Å². The highest BCUT2D eigenvalue weighted by Gasteiger charge is 2.38. The second kappa shape index (κ2) is 4.10. The van der Waals surface area contributed by atoms with Crippen molar-refractivity contribution < 1.29 is 18.0 Å². The number of hydrogen-bond acceptors (Lipinski definition) is 3. The summed E-state index contributed by atoms with van der Waals surface area (Å²) in [7, 11) is 0. The molecule has 4 nitrogen and oxygen atoms in total. The van der Waals surface area contributed by atoms with Crippen molar-refractivity contribution in [2.75, 3.05) is 0 Å². The van der Waals surface area contributed by atoms with Gasteiger partial charge in [0.25, 0.3) is 0 Å². The number of nitrogens with zero attached hydrogens (tertiary/aromatic N) is 3. The van der Waals surface area contributed by atoms with Crippen LogP contribution in [0, 0.1) is 0 Å². The van der Waals surface area contributed by atoms with E-state index in [1.54, 1.807) is 6.20 Å². The van der Waals surface area contributed by atoms with Crippen LogP contribution in [0.1, 0.15) is 5.69 Å². The average molecular weight is 308 g/mol. The van der Waals surface area contributed by atoms with Gasteiger partial charge in [-0.15, -0.1) is 0 Å². The van der Waals surface area contributed by atoms with E-state index in [1.165, 1.54) is 16.8 Å². The number of imidazole rings is 1. The van der Waals surface area contributed by atoms with Crippen LogP contribution in [0.5, 0.6) is 0 Å². The Labute approximate surface area is 102 Å². The van der Waals surface area contributed by atoms with Crippen LogP contribution in [0.25, 0.3) is 5.65 Å². The van der Waals surface area contributed by atoms with Gasteiger partial charge in [0.15, 0.2) is 5.65 Å². The third kappa shape index (κ3) is 2.63. The van der Waals surface area contributed by atoms with Crippen LogP contribution in [0.4, 0.5) is 13.2 Å². The van der Waals surface area contributed by atoms with Gasteiger partial charge in [0.1, 0.15) is 4.60 Å². The summed E-state index contributed by atoms with van der Waals surface area (Å²) in [4.78, 5) is 18.5. The molecule has 0 fully saturated rings. The fourth-order valence-corrected chi connectivity index (χ4v) is 1.60. The minimum Gasteiger partial charge on any atom is -0.303 e. The number of aromatic nitrogens is 3. The first kappa shape index (κ1) is 12.0. The lowest BCUT2D eigenvalue weighted by Gasteiger charge is -2.01. The van der Waals surface area contributed by atoms with Crippen LogP contribution < -0.4 is 0 Å². The highest BCUT2D eigenvalue weighted by atomic mass is 79.9. The molecule has 0 aliphatic carbocycles. The smallest absolute Gasteiger partial charge is 0.303 e. The van der Waals surface area contributed by atoms with Gasteiger partial charge in [0, 0.05) is 12.4 Å². The van der Waals surface area contributed by atoms with Crippen LogP contribution in [0.3, 0.4) is 0 Å². The van der Waals surface area contributed by atoms with E-state index in [0.717, 1.165) is 0 Å². The van der Waals surface area contributed by atoms with Gasteiger partial charge >= 0.3 is 6.18 Å². The molecule has 0 bridgehead atoms. The lowest BCUT2D eigenvalue weighted by atomic mass is 10.2. The number of halogens is 4. The summed E-state index contributed by atoms with van der Waals surface area (Å²) in [6.45, 7) is 0. The van der Waals surface area contributed by atoms with E-state index in [2.05, 4.69) is 25.9 Å². The van der Waals surface area contributed by atoms with Gasteiger partial charge in [-0.05, 0) is 15.9 Å². The molecule has 0 radical (unpaired) electrons. The first-order valence-electron chi connectivity index (χ1n) is 4.45. The first-order chi connectivity index (χ1) is 7.86. The molecule has 0 unspecified atom stereocenters. The number of carbonyl (C=O) groups excluding carboxylic acids is 1. The molecule has 17 heavy (non-hydrogen) atoms. The highest BCUT2D eigenvalue weighted by molar-refractivity contribution is 9.10. The van der Waals surface area contributed by atoms with Gasteiger partial charge < -0.3 is 4.40 Å². The summed E-state index contributed by atoms with van der Waals surface area (Å²) in [6, 6.07) is 0. The maximum absolute atomic E-state index is 12.1. The number of hydrogen-bond donors (Lipinski definition) is 0. The second-order valence-corrected chi connectivity index (χ2v) is 4.12. The van der Waals surface area contributed by atoms with Crippen molar-refractivity contribution in [3.05, 3.63) is 28.9 Å². The van der Waals surface area contributed by atoms with Crippen molar-refractivity contribution in [3.8, 4) is 0 Å². The van der Waals surface area contributed by atoms with E-state index in [0.29, 0.717) is 10.3 Å². The van der Waals surface area contributed by atoms with Gasteiger partial charge in [0.2, 0.25) is 5.78 Å². The normalized spacial score (nSPS) is 12.0. The summed E-state index contributed by atoms with van der Waals surface area (Å²) in [6.07, 6.45) is -1.28. The van der Waals surface area contributed by atoms with Gasteiger partial charge in [-0.25, -0.2) is 9.97 Å². The van der Waals surface area contributed by atoms with Crippen LogP contribution in [0.15, 0.2) is 23.2 Å². The quantitative estimate of drug-likeness (QED) is 0.854. The van der Waals surface area contributed by atoms with Gasteiger partial charge in [0.05, 0.1) is 18.3 Å². The number of fused-ring (bicyclic) bond motifs is 1. The maximum atomic E-state index is 12.1. The van der Waals surface area contributed by atoms with E-state index in [-0.39, 0.29) is 5.69 Å². The van der Waals surface area contributed by atoms with Gasteiger partial charge in [-0.1, -0.05) is 0 Å². The average Bonchev–Trinajstić information content (AvgIpc) is 2.57. The van der Waals surface area contributed by atoms with Crippen molar-refractivity contribution in [1.29, 1.82) is 0 Å². The molecular weight excluding hydrogens is 303 g/mol. The summed E-state index contributed by atoms with van der Waals surface area (Å²) in [5, 5.41) is 0. The summed E-state index contributed by atoms with van der Waals surface area (Å²) in [5.41, 5.74) is 0.449. The van der Waals surface area contributed by atoms with Crippen molar-refractivity contribution in [2.45, 2.75) is 12.6 Å². The predicted molar refractivity (Wildman–Crippen MR) is 55.5 cm³/mol. The van der Waals surface area contributed by atoms with Crippen LogP contribution in [0.2, 0.25) is 0 Å². The number of rotatable bonds is 2. The van der Waals surface area contributed by atoms with Crippen molar-refractivity contribution >= 4 is 27.4 Å². The Balaban J connectivity index is 2.29. The molecule has 8 heteroatoms. The van der Waals surface area contributed by atoms with Crippen LogP contribution in [-0.4, -0.2) is 26.3 Å². The van der Waals surface area contributed by atoms with Crippen molar-refractivity contribution in [2.24, 2.45) is 0 Å². The third-order valence-electron chi connectivity index (χ3n) is 2.02. The number of alkyl halides is 3. The molecule has 0 aliphatic rings. The lowest BCUT2D eigenvalue weighted by Crippen LogP contribution is -2.24. The van der Waals surface area contributed by atoms with Crippen molar-refractivity contribution in [1.82, 2.24) is 14.4 Å². The molecule has 0 aliphatic heterocycles. The van der Waals surface area contributed by atoms with E-state index in [4.69, 9.17) is 0 Å². The minimum atomic E-state index is -4.82. The first-order valence-corrected chi connectivity index (χ1v) is 5.25. The van der Waals surface area contributed by atoms with E-state index in [9.17, 15) is 18.0 Å². The molecule has 90 valence electrons. The van der Waals surface area contributed by atoms with E-state index in [1.807, 2.05) is 0 Å². The Bertz CT molecular complexity index is 578. The predicted octanol–water partition coefficient (Wildman–Crippen LogP) is 2.17. The van der Waals surface area contributed by atoms with Gasteiger partial charge in [-0.2, -0.15) is 13.2 Å². The number of carbonyl (C=O) groups is 1. The monoisotopic (exact) mass is 307 g/mol. The van der Waals surface area contributed by atoms with Crippen LogP contribution in [-0.2, 0) is 11.2 Å². The molecule has 2 aromatic rings. The zero-order chi connectivity index (χ0) is 12.6. The lowest BCUT2D eigenvalue weighted by molar-refractivity contribution is -0.170.